The van der Waals surface area contributed by atoms with Crippen LogP contribution in [0.15, 0.2) is 18.3 Å². The lowest BCUT2D eigenvalue weighted by Crippen LogP contribution is -2.28. The number of thiazole rings is 1. The van der Waals surface area contributed by atoms with Crippen molar-refractivity contribution in [2.75, 3.05) is 0 Å². The third-order valence-electron chi connectivity index (χ3n) is 2.38. The molecule has 0 aromatic carbocycles. The maximum absolute atomic E-state index is 12.3. The fourth-order valence-electron chi connectivity index (χ4n) is 1.33. The summed E-state index contributed by atoms with van der Waals surface area (Å²) in [4.78, 5) is 8.04. The Morgan fingerprint density at radius 2 is 1.90 bits per heavy atom. The van der Waals surface area contributed by atoms with Gasteiger partial charge in [0.2, 0.25) is 5.88 Å². The maximum Gasteiger partial charge on any atom is 0.534 e. The van der Waals surface area contributed by atoms with E-state index in [-0.39, 0.29) is 4.88 Å². The van der Waals surface area contributed by atoms with E-state index >= 15 is 0 Å². The Morgan fingerprint density at radius 3 is 2.43 bits per heavy atom. The van der Waals surface area contributed by atoms with Crippen molar-refractivity contribution in [2.45, 2.75) is 19.4 Å². The average molecular weight is 338 g/mol. The summed E-state index contributed by atoms with van der Waals surface area (Å²) in [5.41, 5.74) is -4.16. The van der Waals surface area contributed by atoms with Crippen molar-refractivity contribution in [3.63, 3.8) is 0 Å². The average Bonchev–Trinajstić information content (AvgIpc) is 2.70. The maximum atomic E-state index is 12.3. The molecule has 0 spiro atoms. The van der Waals surface area contributed by atoms with Gasteiger partial charge < -0.3 is 4.18 Å². The molecule has 5 nitrogen and oxygen atoms in total. The monoisotopic (exact) mass is 338 g/mol. The van der Waals surface area contributed by atoms with E-state index in [9.17, 15) is 21.6 Å². The highest BCUT2D eigenvalue weighted by Crippen LogP contribution is 2.34. The first-order chi connectivity index (χ1) is 9.60. The number of halogens is 3. The van der Waals surface area contributed by atoms with Gasteiger partial charge in [-0.25, -0.2) is 4.98 Å². The molecule has 2 heterocycles. The van der Waals surface area contributed by atoms with E-state index in [1.54, 1.807) is 19.1 Å². The van der Waals surface area contributed by atoms with Gasteiger partial charge >= 0.3 is 15.6 Å². The Hall–Kier alpha value is -1.68. The minimum atomic E-state index is -5.72. The van der Waals surface area contributed by atoms with Crippen molar-refractivity contribution in [3.05, 3.63) is 28.9 Å². The number of aromatic nitrogens is 2. The number of rotatable bonds is 3. The van der Waals surface area contributed by atoms with E-state index in [0.29, 0.717) is 10.6 Å². The first-order valence-electron chi connectivity index (χ1n) is 5.51. The van der Waals surface area contributed by atoms with E-state index in [1.165, 1.54) is 13.1 Å². The van der Waals surface area contributed by atoms with E-state index in [2.05, 4.69) is 14.2 Å². The Bertz CT molecular complexity index is 752. The number of hydrogen-bond acceptors (Lipinski definition) is 6. The molecule has 0 saturated heterocycles. The van der Waals surface area contributed by atoms with Crippen LogP contribution in [0.3, 0.4) is 0 Å². The fourth-order valence-corrected chi connectivity index (χ4v) is 2.68. The van der Waals surface area contributed by atoms with Crippen LogP contribution in [-0.2, 0) is 10.1 Å². The van der Waals surface area contributed by atoms with E-state index < -0.39 is 21.5 Å². The van der Waals surface area contributed by atoms with Crippen LogP contribution in [0.25, 0.3) is 10.6 Å². The molecule has 2 rings (SSSR count). The molecule has 114 valence electrons. The Balaban J connectivity index is 2.35. The summed E-state index contributed by atoms with van der Waals surface area (Å²) in [6.45, 7) is 3.20. The van der Waals surface area contributed by atoms with E-state index in [1.807, 2.05) is 0 Å². The molecule has 0 atom stereocenters. The molecule has 21 heavy (non-hydrogen) atoms. The zero-order chi connectivity index (χ0) is 15.8. The van der Waals surface area contributed by atoms with Gasteiger partial charge in [-0.1, -0.05) is 0 Å². The number of pyridine rings is 1. The van der Waals surface area contributed by atoms with Crippen molar-refractivity contribution >= 4 is 21.5 Å². The molecule has 0 aliphatic rings. The van der Waals surface area contributed by atoms with E-state index in [0.717, 1.165) is 17.0 Å². The summed E-state index contributed by atoms with van der Waals surface area (Å²) >= 11 is 1.02. The largest absolute Gasteiger partial charge is 0.534 e. The van der Waals surface area contributed by atoms with Crippen molar-refractivity contribution in [1.29, 1.82) is 0 Å². The molecule has 0 bridgehead atoms. The fraction of sp³-hybridized carbons (Fsp3) is 0.273. The zero-order valence-electron chi connectivity index (χ0n) is 10.8. The molecule has 0 amide bonds. The molecule has 2 aromatic heterocycles. The van der Waals surface area contributed by atoms with Crippen molar-refractivity contribution < 1.29 is 25.8 Å². The number of aryl methyl sites for hydroxylation is 2. The lowest BCUT2D eigenvalue weighted by Gasteiger charge is -2.07. The summed E-state index contributed by atoms with van der Waals surface area (Å²) in [6, 6.07) is 3.39. The molecule has 0 aliphatic heterocycles. The van der Waals surface area contributed by atoms with Crippen molar-refractivity contribution in [2.24, 2.45) is 0 Å². The van der Waals surface area contributed by atoms with Crippen molar-refractivity contribution in [1.82, 2.24) is 9.97 Å². The molecule has 0 aliphatic carbocycles. The number of nitrogens with zero attached hydrogens (tertiary/aromatic N) is 2. The quantitative estimate of drug-likeness (QED) is 0.635. The highest BCUT2D eigenvalue weighted by molar-refractivity contribution is 7.88. The van der Waals surface area contributed by atoms with Gasteiger partial charge in [-0.05, 0) is 26.0 Å². The normalized spacial score (nSPS) is 12.4. The summed E-state index contributed by atoms with van der Waals surface area (Å²) in [6.07, 6.45) is 1.50. The van der Waals surface area contributed by atoms with Gasteiger partial charge in [0, 0.05) is 17.5 Å². The second-order valence-corrected chi connectivity index (χ2v) is 6.79. The van der Waals surface area contributed by atoms with Crippen LogP contribution in [0.4, 0.5) is 13.2 Å². The van der Waals surface area contributed by atoms with Gasteiger partial charge in [0.05, 0.1) is 4.88 Å². The van der Waals surface area contributed by atoms with Gasteiger partial charge in [-0.15, -0.1) is 11.3 Å². The zero-order valence-corrected chi connectivity index (χ0v) is 12.4. The van der Waals surface area contributed by atoms with Crippen LogP contribution in [0.2, 0.25) is 0 Å². The van der Waals surface area contributed by atoms with Crippen LogP contribution in [-0.4, -0.2) is 23.9 Å². The van der Waals surface area contributed by atoms with Gasteiger partial charge in [-0.3, -0.25) is 4.98 Å². The van der Waals surface area contributed by atoms with Crippen LogP contribution in [0.1, 0.15) is 10.6 Å². The van der Waals surface area contributed by atoms with Gasteiger partial charge in [0.25, 0.3) is 0 Å². The molecular formula is C11H9F3N2O3S2. The minimum Gasteiger partial charge on any atom is -0.354 e. The molecule has 0 unspecified atom stereocenters. The SMILES string of the molecule is Cc1ccc(-c2nc(OS(=O)(=O)C(F)(F)F)c(C)s2)cn1. The lowest BCUT2D eigenvalue weighted by molar-refractivity contribution is -0.0501. The summed E-state index contributed by atoms with van der Waals surface area (Å²) in [5, 5.41) is 0.326. The molecule has 2 aromatic rings. The van der Waals surface area contributed by atoms with Gasteiger partial charge in [0.15, 0.2) is 0 Å². The number of alkyl halides is 3. The molecule has 10 heteroatoms. The highest BCUT2D eigenvalue weighted by atomic mass is 32.2. The molecule has 0 radical (unpaired) electrons. The second kappa shape index (κ2) is 5.26. The predicted molar refractivity (Wildman–Crippen MR) is 70.4 cm³/mol. The van der Waals surface area contributed by atoms with Crippen molar-refractivity contribution in [3.8, 4) is 16.5 Å². The minimum absolute atomic E-state index is 0.221. The number of hydrogen-bond donors (Lipinski definition) is 0. The highest BCUT2D eigenvalue weighted by Gasteiger charge is 2.49. The smallest absolute Gasteiger partial charge is 0.354 e. The van der Waals surface area contributed by atoms with Gasteiger partial charge in [0.1, 0.15) is 5.01 Å². The first-order valence-corrected chi connectivity index (χ1v) is 7.74. The third-order valence-corrected chi connectivity index (χ3v) is 4.33. The standard InChI is InChI=1S/C11H9F3N2O3S2/c1-6-3-4-8(5-15-6)10-16-9(7(2)20-10)19-21(17,18)11(12,13)14/h3-5H,1-2H3. The van der Waals surface area contributed by atoms with Crippen LogP contribution in [0, 0.1) is 13.8 Å². The summed E-state index contributed by atoms with van der Waals surface area (Å²) < 4.78 is 62.8. The van der Waals surface area contributed by atoms with Crippen LogP contribution < -0.4 is 4.18 Å². The molecule has 0 fully saturated rings. The first kappa shape index (κ1) is 15.7. The van der Waals surface area contributed by atoms with Gasteiger partial charge in [-0.2, -0.15) is 21.6 Å². The predicted octanol–water partition coefficient (Wildman–Crippen LogP) is 3.05. The molecule has 0 saturated carbocycles. The lowest BCUT2D eigenvalue weighted by atomic mass is 10.3. The summed E-state index contributed by atoms with van der Waals surface area (Å²) in [5.74, 6) is -0.576. The van der Waals surface area contributed by atoms with Crippen LogP contribution >= 0.6 is 11.3 Å². The van der Waals surface area contributed by atoms with E-state index in [4.69, 9.17) is 0 Å². The molecular weight excluding hydrogens is 329 g/mol. The topological polar surface area (TPSA) is 69.2 Å². The third kappa shape index (κ3) is 3.32. The van der Waals surface area contributed by atoms with Crippen LogP contribution in [0.5, 0.6) is 5.88 Å². The Labute approximate surface area is 122 Å². The molecule has 0 N–H and O–H groups in total. The Morgan fingerprint density at radius 1 is 1.24 bits per heavy atom. The Kier molecular flexibility index (Phi) is 3.93. The second-order valence-electron chi connectivity index (χ2n) is 4.05. The summed E-state index contributed by atoms with van der Waals surface area (Å²) in [7, 11) is -5.72.